The molecule has 0 spiro atoms. The molecule has 12 heteroatoms. The van der Waals surface area contributed by atoms with E-state index in [9.17, 15) is 0 Å². The van der Waals surface area contributed by atoms with Gasteiger partial charge in [0, 0.05) is 0 Å². The number of benzene rings is 2. The highest BCUT2D eigenvalue weighted by Gasteiger charge is 2.01. The van der Waals surface area contributed by atoms with E-state index >= 15 is 0 Å². The highest BCUT2D eigenvalue weighted by atomic mass is 31.2. The molecule has 0 unspecified atom stereocenters. The second-order valence-electron chi connectivity index (χ2n) is 4.45. The van der Waals surface area contributed by atoms with E-state index in [4.69, 9.17) is 43.4 Å². The first-order chi connectivity index (χ1) is 12.0. The van der Waals surface area contributed by atoms with Crippen molar-refractivity contribution in [3.63, 3.8) is 0 Å². The minimum absolute atomic E-state index is 1.30. The molecule has 0 atom stereocenters. The van der Waals surface area contributed by atoms with Crippen LogP contribution in [0.5, 0.6) is 0 Å². The first kappa shape index (κ1) is 27.3. The van der Waals surface area contributed by atoms with Crippen LogP contribution >= 0.6 is 25.1 Å². The molecule has 0 aromatic heterocycles. The van der Waals surface area contributed by atoms with E-state index in [-0.39, 0.29) is 0 Å². The molecule has 26 heavy (non-hydrogen) atoms. The van der Waals surface area contributed by atoms with E-state index in [2.05, 4.69) is 62.4 Å². The molecule has 2 aromatic rings. The van der Waals surface area contributed by atoms with Crippen molar-refractivity contribution in [2.24, 2.45) is 0 Å². The topological polar surface area (TPSA) is 176 Å². The van der Waals surface area contributed by atoms with Crippen LogP contribution in [0.25, 0.3) is 11.1 Å². The average molecular weight is 428 g/mol. The number of rotatable bonds is 1. The molecule has 2 aromatic carbocycles. The van der Waals surface area contributed by atoms with Crippen molar-refractivity contribution < 1.29 is 43.4 Å². The summed E-state index contributed by atoms with van der Waals surface area (Å²) in [6.45, 7) is 4.33. The molecule has 0 aliphatic carbocycles. The Morgan fingerprint density at radius 2 is 1.12 bits per heavy atom. The molecule has 0 aliphatic rings. The Kier molecular flexibility index (Phi) is 17.0. The summed E-state index contributed by atoms with van der Waals surface area (Å²) in [4.78, 5) is 50.3. The molecule has 0 saturated carbocycles. The lowest BCUT2D eigenvalue weighted by Crippen LogP contribution is -1.85. The molecule has 0 aliphatic heterocycles. The molecule has 148 valence electrons. The Labute approximate surface area is 153 Å². The lowest BCUT2D eigenvalue weighted by Gasteiger charge is -2.07. The molecule has 0 saturated heterocycles. The molecule has 0 amide bonds. The van der Waals surface area contributed by atoms with Gasteiger partial charge in [-0.2, -0.15) is 0 Å². The fourth-order valence-electron chi connectivity index (χ4n) is 1.68. The molecule has 7 N–H and O–H groups in total. The average Bonchev–Trinajstić information content (AvgIpc) is 2.49. The highest BCUT2D eigenvalue weighted by Crippen LogP contribution is 2.24. The van der Waals surface area contributed by atoms with Crippen LogP contribution in [-0.4, -0.2) is 34.3 Å². The van der Waals surface area contributed by atoms with Crippen LogP contribution in [0.3, 0.4) is 0 Å². The van der Waals surface area contributed by atoms with Gasteiger partial charge in [-0.05, 0) is 36.1 Å². The SMILES string of the molecule is Cc1cccc(-c2ccccc2)c1C.O=[PH](O)O.O=[PH](O)O.OP(O)O. The van der Waals surface area contributed by atoms with E-state index in [1.54, 1.807) is 0 Å². The molecule has 0 fully saturated rings. The maximum atomic E-state index is 8.74. The zero-order valence-electron chi connectivity index (χ0n) is 14.0. The molecular weight excluding hydrogens is 405 g/mol. The van der Waals surface area contributed by atoms with Gasteiger partial charge in [0.15, 0.2) is 0 Å². The third-order valence-corrected chi connectivity index (χ3v) is 2.69. The van der Waals surface area contributed by atoms with Crippen LogP contribution in [-0.2, 0) is 9.13 Å². The van der Waals surface area contributed by atoms with Gasteiger partial charge in [-0.1, -0.05) is 48.5 Å². The van der Waals surface area contributed by atoms with Crippen LogP contribution in [0, 0.1) is 13.8 Å². The van der Waals surface area contributed by atoms with Gasteiger partial charge >= 0.3 is 25.1 Å². The first-order valence-corrected chi connectivity index (χ1v) is 10.6. The summed E-state index contributed by atoms with van der Waals surface area (Å²) in [6.07, 6.45) is 0. The Balaban J connectivity index is 0. The van der Waals surface area contributed by atoms with Crippen LogP contribution in [0.2, 0.25) is 0 Å². The van der Waals surface area contributed by atoms with E-state index in [0.717, 1.165) is 0 Å². The number of hydrogen-bond acceptors (Lipinski definition) is 5. The van der Waals surface area contributed by atoms with Crippen LogP contribution in [0.1, 0.15) is 11.1 Å². The lowest BCUT2D eigenvalue weighted by atomic mass is 9.97. The largest absolute Gasteiger partial charge is 0.328 e. The molecular formula is C14H23O9P3. The maximum absolute atomic E-state index is 8.74. The highest BCUT2D eigenvalue weighted by molar-refractivity contribution is 7.38. The Morgan fingerprint density at radius 3 is 1.50 bits per heavy atom. The molecule has 0 heterocycles. The molecule has 2 rings (SSSR count). The maximum Gasteiger partial charge on any atom is 0.324 e. The van der Waals surface area contributed by atoms with Gasteiger partial charge in [-0.15, -0.1) is 0 Å². The quantitative estimate of drug-likeness (QED) is 0.334. The van der Waals surface area contributed by atoms with Crippen molar-refractivity contribution in [2.75, 3.05) is 0 Å². The monoisotopic (exact) mass is 428 g/mol. The zero-order chi connectivity index (χ0) is 20.7. The van der Waals surface area contributed by atoms with Gasteiger partial charge in [0.2, 0.25) is 0 Å². The van der Waals surface area contributed by atoms with E-state index in [1.165, 1.54) is 22.3 Å². The van der Waals surface area contributed by atoms with Gasteiger partial charge in [0.25, 0.3) is 0 Å². The predicted octanol–water partition coefficient (Wildman–Crippen LogP) is 1.88. The second kappa shape index (κ2) is 16.2. The summed E-state index contributed by atoms with van der Waals surface area (Å²) in [5.41, 5.74) is 5.37. The predicted molar refractivity (Wildman–Crippen MR) is 102 cm³/mol. The molecule has 0 bridgehead atoms. The van der Waals surface area contributed by atoms with Crippen molar-refractivity contribution in [3.8, 4) is 11.1 Å². The zero-order valence-corrected chi connectivity index (χ0v) is 16.9. The standard InChI is InChI=1S/C14H14.3H3O3P/c1-11-7-6-10-14(12(11)2)13-8-4-3-5-9-13;3*1-4(2)3/h3-10H,1-2H3;2*4H,(H2,1,2,3);1-3H. The second-order valence-corrected chi connectivity index (χ2v) is 6.11. The summed E-state index contributed by atoms with van der Waals surface area (Å²) < 4.78 is 17.5. The summed E-state index contributed by atoms with van der Waals surface area (Å²) in [7, 11) is -8.88. The first-order valence-electron chi connectivity index (χ1n) is 6.81. The van der Waals surface area contributed by atoms with Crippen molar-refractivity contribution in [2.45, 2.75) is 13.8 Å². The van der Waals surface area contributed by atoms with Gasteiger partial charge < -0.3 is 34.3 Å². The van der Waals surface area contributed by atoms with Gasteiger partial charge in [0.05, 0.1) is 0 Å². The summed E-state index contributed by atoms with van der Waals surface area (Å²) in [6, 6.07) is 17.0. The third kappa shape index (κ3) is 17.9. The number of aryl methyl sites for hydroxylation is 1. The smallest absolute Gasteiger partial charge is 0.324 e. The fraction of sp³-hybridized carbons (Fsp3) is 0.143. The van der Waals surface area contributed by atoms with Gasteiger partial charge in [-0.3, -0.25) is 9.13 Å². The van der Waals surface area contributed by atoms with Crippen LogP contribution in [0.15, 0.2) is 48.5 Å². The van der Waals surface area contributed by atoms with E-state index in [1.807, 2.05) is 0 Å². The third-order valence-electron chi connectivity index (χ3n) is 2.69. The van der Waals surface area contributed by atoms with E-state index in [0.29, 0.717) is 0 Å². The van der Waals surface area contributed by atoms with Crippen molar-refractivity contribution in [1.82, 2.24) is 0 Å². The summed E-state index contributed by atoms with van der Waals surface area (Å²) in [5, 5.41) is 0. The minimum atomic E-state index is -3.13. The van der Waals surface area contributed by atoms with Crippen molar-refractivity contribution in [1.29, 1.82) is 0 Å². The Bertz CT molecular complexity index is 643. The molecule has 0 radical (unpaired) electrons. The van der Waals surface area contributed by atoms with Crippen LogP contribution < -0.4 is 0 Å². The summed E-state index contributed by atoms with van der Waals surface area (Å²) >= 11 is 0. The summed E-state index contributed by atoms with van der Waals surface area (Å²) in [5.74, 6) is 0. The van der Waals surface area contributed by atoms with Crippen LogP contribution in [0.4, 0.5) is 0 Å². The van der Waals surface area contributed by atoms with E-state index < -0.39 is 25.1 Å². The Hall–Kier alpha value is -0.950. The normalized spacial score (nSPS) is 9.54. The lowest BCUT2D eigenvalue weighted by molar-refractivity contribution is 0.368. The molecule has 9 nitrogen and oxygen atoms in total. The van der Waals surface area contributed by atoms with Gasteiger partial charge in [-0.25, -0.2) is 0 Å². The fourth-order valence-corrected chi connectivity index (χ4v) is 1.68. The minimum Gasteiger partial charge on any atom is -0.328 e. The Morgan fingerprint density at radius 1 is 0.731 bits per heavy atom. The van der Waals surface area contributed by atoms with Crippen molar-refractivity contribution in [3.05, 3.63) is 59.7 Å². The van der Waals surface area contributed by atoms with Crippen molar-refractivity contribution >= 4 is 25.1 Å². The number of hydrogen-bond donors (Lipinski definition) is 7. The van der Waals surface area contributed by atoms with Gasteiger partial charge in [0.1, 0.15) is 0 Å².